The molecule has 3 N–H and O–H groups in total. The Kier molecular flexibility index (Phi) is 1.89. The van der Waals surface area contributed by atoms with Crippen molar-refractivity contribution in [2.75, 3.05) is 5.73 Å². The molecule has 0 radical (unpaired) electrons. The number of hydrogen-bond donors (Lipinski definition) is 2. The minimum absolute atomic E-state index is 0.124. The molecule has 78 valence electrons. The monoisotopic (exact) mass is 205 g/mol. The number of aromatic nitrogens is 2. The molecule has 5 nitrogen and oxygen atoms in total. The highest BCUT2D eigenvalue weighted by molar-refractivity contribution is 6.04. The van der Waals surface area contributed by atoms with Crippen LogP contribution in [0.2, 0.25) is 0 Å². The van der Waals surface area contributed by atoms with Crippen LogP contribution < -0.4 is 5.73 Å². The number of aryl methyl sites for hydroxylation is 2. The van der Waals surface area contributed by atoms with E-state index in [1.54, 1.807) is 17.8 Å². The molecule has 0 saturated heterocycles. The van der Waals surface area contributed by atoms with Crippen LogP contribution in [-0.2, 0) is 7.05 Å². The standard InChI is InChI=1S/C10H11N3O2/c1-5-8-7(12-13(5)2)4-3-6(9(8)11)10(14)15/h3-4H,11H2,1-2H3,(H,14,15). The van der Waals surface area contributed by atoms with Gasteiger partial charge >= 0.3 is 5.97 Å². The maximum atomic E-state index is 10.9. The Morgan fingerprint density at radius 2 is 2.20 bits per heavy atom. The number of anilines is 1. The largest absolute Gasteiger partial charge is 0.478 e. The molecule has 0 aliphatic rings. The van der Waals surface area contributed by atoms with Gasteiger partial charge < -0.3 is 10.8 Å². The molecule has 1 heterocycles. The van der Waals surface area contributed by atoms with Gasteiger partial charge in [-0.3, -0.25) is 4.68 Å². The van der Waals surface area contributed by atoms with Crippen molar-refractivity contribution in [3.8, 4) is 0 Å². The molecule has 0 bridgehead atoms. The van der Waals surface area contributed by atoms with Gasteiger partial charge in [0.15, 0.2) is 0 Å². The summed E-state index contributed by atoms with van der Waals surface area (Å²) in [7, 11) is 1.80. The normalized spacial score (nSPS) is 10.8. The Balaban J connectivity index is 2.88. The first-order valence-corrected chi connectivity index (χ1v) is 4.47. The summed E-state index contributed by atoms with van der Waals surface area (Å²) in [5.74, 6) is -1.02. The van der Waals surface area contributed by atoms with Gasteiger partial charge in [-0.15, -0.1) is 0 Å². The van der Waals surface area contributed by atoms with Crippen LogP contribution in [0.3, 0.4) is 0 Å². The van der Waals surface area contributed by atoms with Crippen molar-refractivity contribution < 1.29 is 9.90 Å². The minimum Gasteiger partial charge on any atom is -0.478 e. The molecular weight excluding hydrogens is 194 g/mol. The molecule has 0 aliphatic heterocycles. The maximum Gasteiger partial charge on any atom is 0.337 e. The van der Waals surface area contributed by atoms with Crippen LogP contribution in [0.1, 0.15) is 16.1 Å². The Morgan fingerprint density at radius 3 is 2.80 bits per heavy atom. The summed E-state index contributed by atoms with van der Waals surface area (Å²) in [6.07, 6.45) is 0. The lowest BCUT2D eigenvalue weighted by Gasteiger charge is -2.02. The zero-order valence-electron chi connectivity index (χ0n) is 8.48. The highest BCUT2D eigenvalue weighted by Gasteiger charge is 2.14. The fraction of sp³-hybridized carbons (Fsp3) is 0.200. The second kappa shape index (κ2) is 2.98. The van der Waals surface area contributed by atoms with Gasteiger partial charge in [0.05, 0.1) is 16.8 Å². The molecule has 2 aromatic rings. The third kappa shape index (κ3) is 1.24. The van der Waals surface area contributed by atoms with Gasteiger partial charge in [0.1, 0.15) is 0 Å². The van der Waals surface area contributed by atoms with Crippen molar-refractivity contribution >= 4 is 22.6 Å². The van der Waals surface area contributed by atoms with Crippen molar-refractivity contribution in [3.63, 3.8) is 0 Å². The number of carboxylic acids is 1. The molecule has 5 heteroatoms. The second-order valence-electron chi connectivity index (χ2n) is 3.44. The van der Waals surface area contributed by atoms with Crippen LogP contribution in [0.25, 0.3) is 10.9 Å². The Morgan fingerprint density at radius 1 is 1.53 bits per heavy atom. The molecule has 1 aromatic heterocycles. The van der Waals surface area contributed by atoms with Gasteiger partial charge in [-0.25, -0.2) is 4.79 Å². The molecule has 1 aromatic carbocycles. The summed E-state index contributed by atoms with van der Waals surface area (Å²) in [6.45, 7) is 1.86. The van der Waals surface area contributed by atoms with E-state index in [4.69, 9.17) is 10.8 Å². The number of rotatable bonds is 1. The number of nitrogens with zero attached hydrogens (tertiary/aromatic N) is 2. The van der Waals surface area contributed by atoms with Crippen molar-refractivity contribution in [1.29, 1.82) is 0 Å². The van der Waals surface area contributed by atoms with Gasteiger partial charge in [-0.05, 0) is 19.1 Å². The molecule has 0 fully saturated rings. The Labute approximate surface area is 86.1 Å². The highest BCUT2D eigenvalue weighted by atomic mass is 16.4. The lowest BCUT2D eigenvalue weighted by molar-refractivity contribution is 0.0698. The molecule has 0 unspecified atom stereocenters. The number of benzene rings is 1. The maximum absolute atomic E-state index is 10.9. The lowest BCUT2D eigenvalue weighted by atomic mass is 10.1. The molecule has 0 amide bonds. The van der Waals surface area contributed by atoms with Crippen LogP contribution in [0.15, 0.2) is 12.1 Å². The predicted molar refractivity (Wildman–Crippen MR) is 56.8 cm³/mol. The topological polar surface area (TPSA) is 81.1 Å². The summed E-state index contributed by atoms with van der Waals surface area (Å²) < 4.78 is 1.69. The second-order valence-corrected chi connectivity index (χ2v) is 3.44. The van der Waals surface area contributed by atoms with E-state index < -0.39 is 5.97 Å². The molecule has 2 rings (SSSR count). The van der Waals surface area contributed by atoms with Gasteiger partial charge in [0.2, 0.25) is 0 Å². The summed E-state index contributed by atoms with van der Waals surface area (Å²) in [6, 6.07) is 3.15. The van der Waals surface area contributed by atoms with E-state index in [9.17, 15) is 4.79 Å². The average Bonchev–Trinajstić information content (AvgIpc) is 2.43. The molecule has 0 saturated carbocycles. The van der Waals surface area contributed by atoms with Crippen molar-refractivity contribution in [2.24, 2.45) is 7.05 Å². The predicted octanol–water partition coefficient (Wildman–Crippen LogP) is 1.16. The average molecular weight is 205 g/mol. The van der Waals surface area contributed by atoms with Crippen molar-refractivity contribution in [1.82, 2.24) is 9.78 Å². The Bertz CT molecular complexity index is 557. The van der Waals surface area contributed by atoms with E-state index in [0.717, 1.165) is 16.6 Å². The fourth-order valence-electron chi connectivity index (χ4n) is 1.66. The zero-order chi connectivity index (χ0) is 11.2. The molecular formula is C10H11N3O2. The Hall–Kier alpha value is -2.04. The van der Waals surface area contributed by atoms with Gasteiger partial charge in [0.25, 0.3) is 0 Å². The first-order valence-electron chi connectivity index (χ1n) is 4.47. The first-order chi connectivity index (χ1) is 7.02. The number of aromatic carboxylic acids is 1. The van der Waals surface area contributed by atoms with E-state index in [1.807, 2.05) is 6.92 Å². The number of fused-ring (bicyclic) bond motifs is 1. The molecule has 0 atom stereocenters. The van der Waals surface area contributed by atoms with Gasteiger partial charge in [-0.2, -0.15) is 5.10 Å². The van der Waals surface area contributed by atoms with Crippen LogP contribution in [-0.4, -0.2) is 20.9 Å². The van der Waals surface area contributed by atoms with Gasteiger partial charge in [-0.1, -0.05) is 0 Å². The molecule has 0 spiro atoms. The van der Waals surface area contributed by atoms with Crippen molar-refractivity contribution in [3.05, 3.63) is 23.4 Å². The van der Waals surface area contributed by atoms with Gasteiger partial charge in [0, 0.05) is 18.1 Å². The highest BCUT2D eigenvalue weighted by Crippen LogP contribution is 2.26. The number of carbonyl (C=O) groups is 1. The summed E-state index contributed by atoms with van der Waals surface area (Å²) >= 11 is 0. The van der Waals surface area contributed by atoms with E-state index in [-0.39, 0.29) is 11.3 Å². The smallest absolute Gasteiger partial charge is 0.337 e. The molecule has 0 aliphatic carbocycles. The van der Waals surface area contributed by atoms with Crippen LogP contribution in [0.4, 0.5) is 5.69 Å². The zero-order valence-corrected chi connectivity index (χ0v) is 8.48. The SMILES string of the molecule is Cc1c2c(N)c(C(=O)O)ccc2nn1C. The summed E-state index contributed by atoms with van der Waals surface area (Å²) in [5.41, 5.74) is 7.79. The van der Waals surface area contributed by atoms with Crippen LogP contribution in [0.5, 0.6) is 0 Å². The lowest BCUT2D eigenvalue weighted by Crippen LogP contribution is -2.02. The van der Waals surface area contributed by atoms with E-state index >= 15 is 0 Å². The van der Waals surface area contributed by atoms with Crippen molar-refractivity contribution in [2.45, 2.75) is 6.92 Å². The van der Waals surface area contributed by atoms with Crippen LogP contribution in [0, 0.1) is 6.92 Å². The number of carboxylic acid groups (broad SMARTS) is 1. The number of nitrogens with two attached hydrogens (primary N) is 1. The minimum atomic E-state index is -1.02. The van der Waals surface area contributed by atoms with Crippen LogP contribution >= 0.6 is 0 Å². The number of nitrogen functional groups attached to an aromatic ring is 1. The molecule has 15 heavy (non-hydrogen) atoms. The fourth-order valence-corrected chi connectivity index (χ4v) is 1.66. The summed E-state index contributed by atoms with van der Waals surface area (Å²) in [4.78, 5) is 10.9. The van der Waals surface area contributed by atoms with E-state index in [0.29, 0.717) is 0 Å². The number of hydrogen-bond acceptors (Lipinski definition) is 3. The third-order valence-corrected chi connectivity index (χ3v) is 2.56. The van der Waals surface area contributed by atoms with E-state index in [1.165, 1.54) is 6.07 Å². The van der Waals surface area contributed by atoms with E-state index in [2.05, 4.69) is 5.10 Å². The summed E-state index contributed by atoms with van der Waals surface area (Å²) in [5, 5.41) is 13.9. The first kappa shape index (κ1) is 9.51. The quantitative estimate of drug-likeness (QED) is 0.684. The third-order valence-electron chi connectivity index (χ3n) is 2.56.